The molecule has 21 heavy (non-hydrogen) atoms. The summed E-state index contributed by atoms with van der Waals surface area (Å²) < 4.78 is 0. The standard InChI is InChI=1S/C15H22ClN3OS/c1-9-11(3)21-7-6-19(9)10(2)15(20)18-14-5-4-12(16)8-13(14)17/h4-5,8-11H,6-7,17H2,1-3H3,(H,18,20). The van der Waals surface area contributed by atoms with E-state index in [-0.39, 0.29) is 11.9 Å². The smallest absolute Gasteiger partial charge is 0.241 e. The zero-order valence-corrected chi connectivity index (χ0v) is 14.2. The molecule has 0 aliphatic carbocycles. The molecule has 1 aromatic rings. The van der Waals surface area contributed by atoms with Gasteiger partial charge in [-0.2, -0.15) is 11.8 Å². The van der Waals surface area contributed by atoms with E-state index in [2.05, 4.69) is 24.1 Å². The number of carbonyl (C=O) groups excluding carboxylic acids is 1. The number of nitrogens with one attached hydrogen (secondary N) is 1. The van der Waals surface area contributed by atoms with Gasteiger partial charge in [0.05, 0.1) is 17.4 Å². The molecule has 1 saturated heterocycles. The lowest BCUT2D eigenvalue weighted by atomic mass is 10.1. The number of benzene rings is 1. The highest BCUT2D eigenvalue weighted by Gasteiger charge is 2.31. The molecule has 6 heteroatoms. The highest BCUT2D eigenvalue weighted by Crippen LogP contribution is 2.27. The van der Waals surface area contributed by atoms with Crippen molar-refractivity contribution in [2.24, 2.45) is 0 Å². The number of thioether (sulfide) groups is 1. The van der Waals surface area contributed by atoms with Crippen LogP contribution in [-0.2, 0) is 4.79 Å². The predicted molar refractivity (Wildman–Crippen MR) is 92.0 cm³/mol. The van der Waals surface area contributed by atoms with Crippen LogP contribution in [0.5, 0.6) is 0 Å². The van der Waals surface area contributed by atoms with E-state index in [4.69, 9.17) is 17.3 Å². The van der Waals surface area contributed by atoms with Gasteiger partial charge in [-0.05, 0) is 32.0 Å². The maximum Gasteiger partial charge on any atom is 0.241 e. The van der Waals surface area contributed by atoms with E-state index in [1.165, 1.54) is 0 Å². The molecule has 3 N–H and O–H groups in total. The monoisotopic (exact) mass is 327 g/mol. The summed E-state index contributed by atoms with van der Waals surface area (Å²) in [6, 6.07) is 5.30. The Kier molecular flexibility index (Phi) is 5.41. The number of anilines is 2. The third-order valence-corrected chi connectivity index (χ3v) is 5.65. The molecule has 1 amide bonds. The molecular weight excluding hydrogens is 306 g/mol. The third-order valence-electron chi connectivity index (χ3n) is 4.08. The quantitative estimate of drug-likeness (QED) is 0.838. The Morgan fingerprint density at radius 3 is 2.90 bits per heavy atom. The van der Waals surface area contributed by atoms with Gasteiger partial charge in [0.2, 0.25) is 5.91 Å². The van der Waals surface area contributed by atoms with Gasteiger partial charge in [-0.3, -0.25) is 9.69 Å². The molecule has 116 valence electrons. The first-order valence-corrected chi connectivity index (χ1v) is 8.56. The Morgan fingerprint density at radius 1 is 1.52 bits per heavy atom. The average Bonchev–Trinajstić information content (AvgIpc) is 2.44. The molecule has 2 rings (SSSR count). The van der Waals surface area contributed by atoms with Crippen LogP contribution in [0, 0.1) is 0 Å². The van der Waals surface area contributed by atoms with Crippen LogP contribution in [0.4, 0.5) is 11.4 Å². The summed E-state index contributed by atoms with van der Waals surface area (Å²) in [5.41, 5.74) is 6.98. The first-order valence-electron chi connectivity index (χ1n) is 7.13. The molecule has 0 aromatic heterocycles. The average molecular weight is 328 g/mol. The number of hydrogen-bond donors (Lipinski definition) is 2. The number of rotatable bonds is 3. The van der Waals surface area contributed by atoms with E-state index in [0.29, 0.717) is 27.7 Å². The van der Waals surface area contributed by atoms with E-state index in [9.17, 15) is 4.79 Å². The minimum absolute atomic E-state index is 0.0324. The second kappa shape index (κ2) is 6.90. The van der Waals surface area contributed by atoms with Gasteiger partial charge in [0, 0.05) is 28.6 Å². The zero-order chi connectivity index (χ0) is 15.6. The normalized spacial score (nSPS) is 24.6. The van der Waals surface area contributed by atoms with Gasteiger partial charge in [-0.25, -0.2) is 0 Å². The van der Waals surface area contributed by atoms with Crippen molar-refractivity contribution >= 4 is 40.6 Å². The summed E-state index contributed by atoms with van der Waals surface area (Å²) in [7, 11) is 0. The molecule has 3 unspecified atom stereocenters. The van der Waals surface area contributed by atoms with Crippen molar-refractivity contribution in [3.63, 3.8) is 0 Å². The van der Waals surface area contributed by atoms with Gasteiger partial charge in [0.15, 0.2) is 0 Å². The van der Waals surface area contributed by atoms with Crippen LogP contribution in [-0.4, -0.2) is 40.4 Å². The Balaban J connectivity index is 2.05. The summed E-state index contributed by atoms with van der Waals surface area (Å²) in [5, 5.41) is 4.00. The number of carbonyl (C=O) groups is 1. The number of halogens is 1. The van der Waals surface area contributed by atoms with Crippen molar-refractivity contribution in [3.05, 3.63) is 23.2 Å². The summed E-state index contributed by atoms with van der Waals surface area (Å²) in [4.78, 5) is 14.7. The highest BCUT2D eigenvalue weighted by atomic mass is 35.5. The number of amides is 1. The van der Waals surface area contributed by atoms with E-state index in [0.717, 1.165) is 12.3 Å². The Morgan fingerprint density at radius 2 is 2.24 bits per heavy atom. The lowest BCUT2D eigenvalue weighted by Crippen LogP contribution is -2.53. The van der Waals surface area contributed by atoms with Gasteiger partial charge in [-0.1, -0.05) is 18.5 Å². The maximum atomic E-state index is 12.5. The molecule has 0 radical (unpaired) electrons. The van der Waals surface area contributed by atoms with Crippen LogP contribution in [0.3, 0.4) is 0 Å². The first-order chi connectivity index (χ1) is 9.90. The van der Waals surface area contributed by atoms with Crippen molar-refractivity contribution in [2.45, 2.75) is 38.1 Å². The van der Waals surface area contributed by atoms with Crippen LogP contribution in [0.25, 0.3) is 0 Å². The Hall–Kier alpha value is -0.910. The topological polar surface area (TPSA) is 58.4 Å². The molecular formula is C15H22ClN3OS. The van der Waals surface area contributed by atoms with E-state index in [1.54, 1.807) is 18.2 Å². The molecule has 1 aromatic carbocycles. The fraction of sp³-hybridized carbons (Fsp3) is 0.533. The Labute approximate surface area is 135 Å². The second-order valence-corrected chi connectivity index (χ2v) is 7.37. The molecule has 1 heterocycles. The van der Waals surface area contributed by atoms with Gasteiger partial charge >= 0.3 is 0 Å². The lowest BCUT2D eigenvalue weighted by Gasteiger charge is -2.40. The largest absolute Gasteiger partial charge is 0.397 e. The number of nitrogens with two attached hydrogens (primary N) is 1. The van der Waals surface area contributed by atoms with Crippen LogP contribution < -0.4 is 11.1 Å². The molecule has 3 atom stereocenters. The van der Waals surface area contributed by atoms with Crippen LogP contribution in [0.2, 0.25) is 5.02 Å². The van der Waals surface area contributed by atoms with Crippen molar-refractivity contribution < 1.29 is 4.79 Å². The summed E-state index contributed by atoms with van der Waals surface area (Å²) in [6.07, 6.45) is 0. The summed E-state index contributed by atoms with van der Waals surface area (Å²) in [5.74, 6) is 1.03. The molecule has 1 aliphatic heterocycles. The van der Waals surface area contributed by atoms with Crippen molar-refractivity contribution in [3.8, 4) is 0 Å². The molecule has 1 aliphatic rings. The molecule has 4 nitrogen and oxygen atoms in total. The minimum atomic E-state index is -0.182. The zero-order valence-electron chi connectivity index (χ0n) is 12.6. The lowest BCUT2D eigenvalue weighted by molar-refractivity contribution is -0.121. The van der Waals surface area contributed by atoms with Crippen molar-refractivity contribution in [2.75, 3.05) is 23.3 Å². The van der Waals surface area contributed by atoms with Gasteiger partial charge < -0.3 is 11.1 Å². The molecule has 1 fully saturated rings. The molecule has 0 spiro atoms. The second-order valence-electron chi connectivity index (χ2n) is 5.45. The van der Waals surface area contributed by atoms with Gasteiger partial charge in [0.1, 0.15) is 0 Å². The third kappa shape index (κ3) is 3.84. The van der Waals surface area contributed by atoms with Crippen molar-refractivity contribution in [1.29, 1.82) is 0 Å². The van der Waals surface area contributed by atoms with E-state index in [1.807, 2.05) is 18.7 Å². The highest BCUT2D eigenvalue weighted by molar-refractivity contribution is 8.00. The fourth-order valence-corrected chi connectivity index (χ4v) is 3.84. The number of nitrogen functional groups attached to an aromatic ring is 1. The van der Waals surface area contributed by atoms with Gasteiger partial charge in [0.25, 0.3) is 0 Å². The Bertz CT molecular complexity index is 526. The summed E-state index contributed by atoms with van der Waals surface area (Å²) >= 11 is 7.83. The van der Waals surface area contributed by atoms with Crippen molar-refractivity contribution in [1.82, 2.24) is 4.90 Å². The minimum Gasteiger partial charge on any atom is -0.397 e. The fourth-order valence-electron chi connectivity index (χ4n) is 2.54. The van der Waals surface area contributed by atoms with Gasteiger partial charge in [-0.15, -0.1) is 0 Å². The number of hydrogen-bond acceptors (Lipinski definition) is 4. The first kappa shape index (κ1) is 16.5. The summed E-state index contributed by atoms with van der Waals surface area (Å²) in [6.45, 7) is 7.27. The van der Waals surface area contributed by atoms with E-state index < -0.39 is 0 Å². The maximum absolute atomic E-state index is 12.5. The SMILES string of the molecule is CC1SCCN(C(C)C(=O)Nc2ccc(Cl)cc2N)C1C. The van der Waals surface area contributed by atoms with Crippen LogP contribution in [0.1, 0.15) is 20.8 Å². The van der Waals surface area contributed by atoms with Crippen LogP contribution >= 0.6 is 23.4 Å². The molecule has 0 bridgehead atoms. The predicted octanol–water partition coefficient (Wildman–Crippen LogP) is 3.08. The van der Waals surface area contributed by atoms with Crippen LogP contribution in [0.15, 0.2) is 18.2 Å². The van der Waals surface area contributed by atoms with E-state index >= 15 is 0 Å². The molecule has 0 saturated carbocycles. The number of nitrogens with zero attached hydrogens (tertiary/aromatic N) is 1.